The van der Waals surface area contributed by atoms with Gasteiger partial charge in [-0.25, -0.2) is 9.37 Å². The molecule has 2 rings (SSSR count). The van der Waals surface area contributed by atoms with Crippen LogP contribution < -0.4 is 11.1 Å². The molecular weight excluding hydrogens is 229 g/mol. The predicted octanol–water partition coefficient (Wildman–Crippen LogP) is 1.04. The van der Waals surface area contributed by atoms with Gasteiger partial charge < -0.3 is 11.1 Å². The number of hydrogen-bond donors (Lipinski definition) is 2. The second-order valence-corrected chi connectivity index (χ2v) is 4.77. The van der Waals surface area contributed by atoms with Crippen molar-refractivity contribution in [3.8, 4) is 0 Å². The third kappa shape index (κ3) is 2.44. The predicted molar refractivity (Wildman–Crippen MR) is 61.8 cm³/mol. The van der Waals surface area contributed by atoms with Gasteiger partial charge in [0.2, 0.25) is 0 Å². The van der Waals surface area contributed by atoms with E-state index in [4.69, 9.17) is 5.73 Å². The summed E-state index contributed by atoms with van der Waals surface area (Å²) in [6, 6.07) is 1.26. The average Bonchev–Trinajstić information content (AvgIpc) is 2.74. The van der Waals surface area contributed by atoms with E-state index in [1.165, 1.54) is 0 Å². The Morgan fingerprint density at radius 2 is 2.50 bits per heavy atom. The molecule has 0 bridgehead atoms. The summed E-state index contributed by atoms with van der Waals surface area (Å²) in [6.45, 7) is 0. The number of aromatic nitrogens is 1. The molecule has 16 heavy (non-hydrogen) atoms. The first-order valence-electron chi connectivity index (χ1n) is 4.96. The molecule has 4 nitrogen and oxygen atoms in total. The minimum atomic E-state index is -0.555. The summed E-state index contributed by atoms with van der Waals surface area (Å²) in [5, 5.41) is 2.82. The number of rotatable bonds is 2. The van der Waals surface area contributed by atoms with Crippen LogP contribution >= 0.6 is 11.8 Å². The highest BCUT2D eigenvalue weighted by molar-refractivity contribution is 7.99. The molecule has 1 aromatic heterocycles. The van der Waals surface area contributed by atoms with Gasteiger partial charge in [-0.2, -0.15) is 11.8 Å². The second kappa shape index (κ2) is 4.69. The molecule has 1 fully saturated rings. The number of anilines is 1. The number of pyridine rings is 1. The zero-order chi connectivity index (χ0) is 11.5. The van der Waals surface area contributed by atoms with E-state index in [1.807, 2.05) is 0 Å². The molecule has 1 atom stereocenters. The van der Waals surface area contributed by atoms with Crippen LogP contribution in [-0.4, -0.2) is 28.4 Å². The van der Waals surface area contributed by atoms with E-state index >= 15 is 0 Å². The molecule has 6 heteroatoms. The third-order valence-electron chi connectivity index (χ3n) is 2.39. The lowest BCUT2D eigenvalue weighted by Crippen LogP contribution is -2.35. The first-order chi connectivity index (χ1) is 7.66. The smallest absolute Gasteiger partial charge is 0.255 e. The van der Waals surface area contributed by atoms with Gasteiger partial charge in [0.1, 0.15) is 11.6 Å². The van der Waals surface area contributed by atoms with Gasteiger partial charge in [0.15, 0.2) is 0 Å². The number of nitrogen functional groups attached to an aromatic ring is 1. The molecule has 1 saturated heterocycles. The van der Waals surface area contributed by atoms with E-state index in [0.717, 1.165) is 30.2 Å². The highest BCUT2D eigenvalue weighted by Gasteiger charge is 2.20. The van der Waals surface area contributed by atoms with Crippen LogP contribution in [0.1, 0.15) is 16.8 Å². The number of nitrogens with two attached hydrogens (primary N) is 1. The number of hydrogen-bond acceptors (Lipinski definition) is 4. The summed E-state index contributed by atoms with van der Waals surface area (Å²) in [5.41, 5.74) is 5.63. The molecule has 0 aromatic carbocycles. The van der Waals surface area contributed by atoms with Crippen molar-refractivity contribution in [1.82, 2.24) is 10.3 Å². The average molecular weight is 241 g/mol. The Hall–Kier alpha value is -1.30. The highest BCUT2D eigenvalue weighted by Crippen LogP contribution is 2.18. The molecule has 0 radical (unpaired) electrons. The Labute approximate surface area is 96.8 Å². The number of amides is 1. The zero-order valence-electron chi connectivity index (χ0n) is 8.57. The van der Waals surface area contributed by atoms with Crippen LogP contribution in [0.5, 0.6) is 0 Å². The lowest BCUT2D eigenvalue weighted by Gasteiger charge is -2.11. The number of halogens is 1. The SMILES string of the molecule is Nc1ncc(F)cc1C(=O)NC1CCSC1. The summed E-state index contributed by atoms with van der Waals surface area (Å²) in [4.78, 5) is 15.4. The largest absolute Gasteiger partial charge is 0.383 e. The first kappa shape index (κ1) is 11.2. The first-order valence-corrected chi connectivity index (χ1v) is 6.12. The fraction of sp³-hybridized carbons (Fsp3) is 0.400. The van der Waals surface area contributed by atoms with Crippen LogP contribution in [0, 0.1) is 5.82 Å². The maximum absolute atomic E-state index is 12.9. The summed E-state index contributed by atoms with van der Waals surface area (Å²) >= 11 is 1.79. The van der Waals surface area contributed by atoms with Crippen molar-refractivity contribution in [3.63, 3.8) is 0 Å². The molecule has 1 aliphatic rings. The molecular formula is C10H12FN3OS. The van der Waals surface area contributed by atoms with E-state index in [1.54, 1.807) is 11.8 Å². The Kier molecular flexibility index (Phi) is 3.28. The topological polar surface area (TPSA) is 68.0 Å². The van der Waals surface area contributed by atoms with Gasteiger partial charge in [-0.05, 0) is 18.2 Å². The third-order valence-corrected chi connectivity index (χ3v) is 3.56. The van der Waals surface area contributed by atoms with Crippen LogP contribution in [-0.2, 0) is 0 Å². The van der Waals surface area contributed by atoms with Gasteiger partial charge in [-0.1, -0.05) is 0 Å². The van der Waals surface area contributed by atoms with Gasteiger partial charge in [-0.3, -0.25) is 4.79 Å². The van der Waals surface area contributed by atoms with Crippen molar-refractivity contribution in [2.24, 2.45) is 0 Å². The van der Waals surface area contributed by atoms with Crippen molar-refractivity contribution in [3.05, 3.63) is 23.6 Å². The number of nitrogens with zero attached hydrogens (tertiary/aromatic N) is 1. The monoisotopic (exact) mass is 241 g/mol. The lowest BCUT2D eigenvalue weighted by molar-refractivity contribution is 0.0941. The summed E-state index contributed by atoms with van der Waals surface area (Å²) in [5.74, 6) is 1.10. The van der Waals surface area contributed by atoms with Gasteiger partial charge in [0, 0.05) is 11.8 Å². The van der Waals surface area contributed by atoms with Crippen LogP contribution in [0.2, 0.25) is 0 Å². The normalized spacial score (nSPS) is 19.7. The number of nitrogens with one attached hydrogen (secondary N) is 1. The van der Waals surface area contributed by atoms with E-state index in [2.05, 4.69) is 10.3 Å². The van der Waals surface area contributed by atoms with Crippen LogP contribution in [0.4, 0.5) is 10.2 Å². The van der Waals surface area contributed by atoms with Gasteiger partial charge in [-0.15, -0.1) is 0 Å². The maximum Gasteiger partial charge on any atom is 0.255 e. The van der Waals surface area contributed by atoms with E-state index in [0.29, 0.717) is 0 Å². The molecule has 86 valence electrons. The minimum Gasteiger partial charge on any atom is -0.383 e. The molecule has 1 aromatic rings. The Morgan fingerprint density at radius 1 is 1.69 bits per heavy atom. The molecule has 0 aliphatic carbocycles. The van der Waals surface area contributed by atoms with Crippen LogP contribution in [0.3, 0.4) is 0 Å². The van der Waals surface area contributed by atoms with Crippen LogP contribution in [0.25, 0.3) is 0 Å². The highest BCUT2D eigenvalue weighted by atomic mass is 32.2. The number of carbonyl (C=O) groups excluding carboxylic acids is 1. The number of thioether (sulfide) groups is 1. The van der Waals surface area contributed by atoms with E-state index in [-0.39, 0.29) is 23.3 Å². The molecule has 1 amide bonds. The Bertz CT molecular complexity index is 407. The number of carbonyl (C=O) groups is 1. The fourth-order valence-electron chi connectivity index (χ4n) is 1.54. The Morgan fingerprint density at radius 3 is 3.19 bits per heavy atom. The minimum absolute atomic E-state index is 0.0598. The summed E-state index contributed by atoms with van der Waals surface area (Å²) in [6.07, 6.45) is 1.94. The van der Waals surface area contributed by atoms with E-state index < -0.39 is 5.82 Å². The molecule has 1 unspecified atom stereocenters. The van der Waals surface area contributed by atoms with Crippen LogP contribution in [0.15, 0.2) is 12.3 Å². The van der Waals surface area contributed by atoms with Crippen molar-refractivity contribution >= 4 is 23.5 Å². The van der Waals surface area contributed by atoms with Crippen molar-refractivity contribution in [1.29, 1.82) is 0 Å². The quantitative estimate of drug-likeness (QED) is 0.811. The van der Waals surface area contributed by atoms with Gasteiger partial charge >= 0.3 is 0 Å². The molecule has 2 heterocycles. The standard InChI is InChI=1S/C10H12FN3OS/c11-6-3-8(9(12)13-4-6)10(15)14-7-1-2-16-5-7/h3-4,7H,1-2,5H2,(H2,12,13)(H,14,15). The summed E-state index contributed by atoms with van der Waals surface area (Å²) < 4.78 is 12.9. The zero-order valence-corrected chi connectivity index (χ0v) is 9.39. The molecule has 1 aliphatic heterocycles. The summed E-state index contributed by atoms with van der Waals surface area (Å²) in [7, 11) is 0. The maximum atomic E-state index is 12.9. The second-order valence-electron chi connectivity index (χ2n) is 3.62. The van der Waals surface area contributed by atoms with Gasteiger partial charge in [0.05, 0.1) is 11.8 Å². The Balaban J connectivity index is 2.10. The van der Waals surface area contributed by atoms with Crippen molar-refractivity contribution in [2.45, 2.75) is 12.5 Å². The molecule has 0 saturated carbocycles. The van der Waals surface area contributed by atoms with E-state index in [9.17, 15) is 9.18 Å². The molecule has 0 spiro atoms. The fourth-order valence-corrected chi connectivity index (χ4v) is 2.70. The van der Waals surface area contributed by atoms with Crippen molar-refractivity contribution in [2.75, 3.05) is 17.2 Å². The molecule has 3 N–H and O–H groups in total. The lowest BCUT2D eigenvalue weighted by atomic mass is 10.2. The van der Waals surface area contributed by atoms with Gasteiger partial charge in [0.25, 0.3) is 5.91 Å². The van der Waals surface area contributed by atoms with Crippen molar-refractivity contribution < 1.29 is 9.18 Å².